The van der Waals surface area contributed by atoms with Crippen molar-refractivity contribution in [3.8, 4) is 0 Å². The Labute approximate surface area is 187 Å². The third-order valence-electron chi connectivity index (χ3n) is 10.4. The number of hydrogen-bond donors (Lipinski definition) is 2. The summed E-state index contributed by atoms with van der Waals surface area (Å²) in [5, 5.41) is 5.79. The summed E-state index contributed by atoms with van der Waals surface area (Å²) < 4.78 is 0. The van der Waals surface area contributed by atoms with Gasteiger partial charge in [-0.1, -0.05) is 20.8 Å². The summed E-state index contributed by atoms with van der Waals surface area (Å²) in [7, 11) is 0. The first kappa shape index (κ1) is 22.8. The molecule has 4 aliphatic carbocycles. The molecule has 0 bridgehead atoms. The summed E-state index contributed by atoms with van der Waals surface area (Å²) >= 11 is 0. The van der Waals surface area contributed by atoms with Gasteiger partial charge >= 0.3 is 0 Å². The molecule has 174 valence electrons. The van der Waals surface area contributed by atoms with E-state index in [-0.39, 0.29) is 23.1 Å². The molecule has 0 heterocycles. The first-order valence-corrected chi connectivity index (χ1v) is 12.7. The van der Waals surface area contributed by atoms with E-state index >= 15 is 0 Å². The van der Waals surface area contributed by atoms with Crippen LogP contribution in [0.15, 0.2) is 0 Å². The number of Topliss-reactive ketones (excluding diaryl/α,β-unsaturated/α-hetero) is 1. The van der Waals surface area contributed by atoms with Crippen molar-refractivity contribution < 1.29 is 14.4 Å². The number of carbonyl (C=O) groups is 3. The normalized spacial score (nSPS) is 42.7. The lowest BCUT2D eigenvalue weighted by molar-refractivity contribution is -0.142. The van der Waals surface area contributed by atoms with Crippen molar-refractivity contribution in [2.24, 2.45) is 46.3 Å². The lowest BCUT2D eigenvalue weighted by atomic mass is 9.44. The van der Waals surface area contributed by atoms with E-state index in [1.165, 1.54) is 39.0 Å². The first-order chi connectivity index (χ1) is 14.7. The van der Waals surface area contributed by atoms with Crippen LogP contribution in [0.3, 0.4) is 0 Å². The topological polar surface area (TPSA) is 75.3 Å². The van der Waals surface area contributed by atoms with E-state index in [4.69, 9.17) is 0 Å². The van der Waals surface area contributed by atoms with E-state index < -0.39 is 0 Å². The molecule has 2 amide bonds. The second kappa shape index (κ2) is 8.51. The molecule has 5 nitrogen and oxygen atoms in total. The molecule has 0 radical (unpaired) electrons. The van der Waals surface area contributed by atoms with Crippen molar-refractivity contribution in [3.63, 3.8) is 0 Å². The lowest BCUT2D eigenvalue weighted by Gasteiger charge is -2.60. The van der Waals surface area contributed by atoms with Gasteiger partial charge in [-0.2, -0.15) is 0 Å². The van der Waals surface area contributed by atoms with E-state index in [1.54, 1.807) is 0 Å². The Hall–Kier alpha value is -1.39. The fourth-order valence-corrected chi connectivity index (χ4v) is 8.68. The van der Waals surface area contributed by atoms with Crippen LogP contribution in [0.2, 0.25) is 0 Å². The van der Waals surface area contributed by atoms with Crippen LogP contribution in [0.1, 0.15) is 85.5 Å². The number of nitrogens with one attached hydrogen (secondary N) is 2. The Balaban J connectivity index is 1.43. The van der Waals surface area contributed by atoms with Gasteiger partial charge in [0.1, 0.15) is 5.78 Å². The fraction of sp³-hybridized carbons (Fsp3) is 0.885. The summed E-state index contributed by atoms with van der Waals surface area (Å²) in [5.41, 5.74) is 0.603. The van der Waals surface area contributed by atoms with Gasteiger partial charge in [0, 0.05) is 38.8 Å². The number of rotatable bonds is 5. The minimum Gasteiger partial charge on any atom is -0.355 e. The zero-order chi connectivity index (χ0) is 22.4. The first-order valence-electron chi connectivity index (χ1n) is 12.7. The number of hydrogen-bond acceptors (Lipinski definition) is 3. The molecule has 8 atom stereocenters. The van der Waals surface area contributed by atoms with Crippen molar-refractivity contribution in [1.82, 2.24) is 10.6 Å². The number of ketones is 1. The maximum atomic E-state index is 12.9. The van der Waals surface area contributed by atoms with Gasteiger partial charge in [0.05, 0.1) is 0 Å². The van der Waals surface area contributed by atoms with Crippen LogP contribution < -0.4 is 10.6 Å². The van der Waals surface area contributed by atoms with Crippen LogP contribution >= 0.6 is 0 Å². The van der Waals surface area contributed by atoms with Crippen LogP contribution in [0.25, 0.3) is 0 Å². The van der Waals surface area contributed by atoms with Crippen molar-refractivity contribution >= 4 is 17.6 Å². The molecule has 0 aromatic carbocycles. The molecule has 4 rings (SSSR count). The SMILES string of the molecule is CC(=O)NCCNC(=O)[C@@H](C)[C@H]1CC[C@H]2[C@@H]3CCC4CC(=O)CC[C@]4(C)[C@H]3CC[C@]12C. The van der Waals surface area contributed by atoms with Gasteiger partial charge in [-0.15, -0.1) is 0 Å². The molecule has 0 aromatic rings. The highest BCUT2D eigenvalue weighted by molar-refractivity contribution is 5.80. The molecule has 31 heavy (non-hydrogen) atoms. The third-order valence-corrected chi connectivity index (χ3v) is 10.4. The molecular formula is C26H42N2O3. The van der Waals surface area contributed by atoms with E-state index in [2.05, 4.69) is 31.4 Å². The zero-order valence-electron chi connectivity index (χ0n) is 20.0. The van der Waals surface area contributed by atoms with Crippen LogP contribution in [0.5, 0.6) is 0 Å². The largest absolute Gasteiger partial charge is 0.355 e. The molecule has 2 N–H and O–H groups in total. The Morgan fingerprint density at radius 2 is 1.68 bits per heavy atom. The van der Waals surface area contributed by atoms with Gasteiger partial charge < -0.3 is 10.6 Å². The Morgan fingerprint density at radius 1 is 0.968 bits per heavy atom. The smallest absolute Gasteiger partial charge is 0.223 e. The number of fused-ring (bicyclic) bond motifs is 5. The summed E-state index contributed by atoms with van der Waals surface area (Å²) in [6.45, 7) is 9.58. The molecule has 5 heteroatoms. The van der Waals surface area contributed by atoms with Crippen molar-refractivity contribution in [1.29, 1.82) is 0 Å². The van der Waals surface area contributed by atoms with E-state index in [0.717, 1.165) is 43.4 Å². The molecule has 4 aliphatic rings. The minimum atomic E-state index is -0.0593. The summed E-state index contributed by atoms with van der Waals surface area (Å²) in [6.07, 6.45) is 10.1. The van der Waals surface area contributed by atoms with Crippen LogP contribution in [0.4, 0.5) is 0 Å². The van der Waals surface area contributed by atoms with Gasteiger partial charge in [-0.25, -0.2) is 0 Å². The fourth-order valence-electron chi connectivity index (χ4n) is 8.68. The van der Waals surface area contributed by atoms with E-state index in [0.29, 0.717) is 36.1 Å². The lowest BCUT2D eigenvalue weighted by Crippen LogP contribution is -2.54. The van der Waals surface area contributed by atoms with Crippen LogP contribution in [-0.4, -0.2) is 30.7 Å². The second-order valence-electron chi connectivity index (χ2n) is 11.7. The zero-order valence-corrected chi connectivity index (χ0v) is 20.0. The van der Waals surface area contributed by atoms with Gasteiger partial charge in [0.25, 0.3) is 0 Å². The predicted octanol–water partition coefficient (Wildman–Crippen LogP) is 4.10. The van der Waals surface area contributed by atoms with E-state index in [1.807, 2.05) is 0 Å². The Morgan fingerprint density at radius 3 is 2.42 bits per heavy atom. The summed E-state index contributed by atoms with van der Waals surface area (Å²) in [6, 6.07) is 0. The van der Waals surface area contributed by atoms with Gasteiger partial charge in [0.2, 0.25) is 11.8 Å². The molecule has 0 aromatic heterocycles. The molecule has 4 fully saturated rings. The van der Waals surface area contributed by atoms with Crippen LogP contribution in [0, 0.1) is 46.3 Å². The van der Waals surface area contributed by atoms with Gasteiger partial charge in [-0.3, -0.25) is 14.4 Å². The highest BCUT2D eigenvalue weighted by atomic mass is 16.2. The summed E-state index contributed by atoms with van der Waals surface area (Å²) in [5.74, 6) is 3.88. The standard InChI is InChI=1S/C26H42N2O3/c1-16(24(31)28-14-13-27-17(2)29)21-7-8-22-20-6-5-18-15-19(30)9-11-25(18,3)23(20)10-12-26(21,22)4/h16,18,20-23H,5-15H2,1-4H3,(H,27,29)(H,28,31)/t16-,18?,20-,21+,22-,23-,25-,26+/m0/s1. The number of carbonyl (C=O) groups excluding carboxylic acids is 3. The molecule has 0 aliphatic heterocycles. The number of amides is 2. The average Bonchev–Trinajstić information content (AvgIpc) is 3.08. The molecule has 0 spiro atoms. The quantitative estimate of drug-likeness (QED) is 0.645. The highest BCUT2D eigenvalue weighted by Crippen LogP contribution is 2.68. The predicted molar refractivity (Wildman–Crippen MR) is 121 cm³/mol. The molecular weight excluding hydrogens is 388 g/mol. The molecule has 1 unspecified atom stereocenters. The van der Waals surface area contributed by atoms with E-state index in [9.17, 15) is 14.4 Å². The van der Waals surface area contributed by atoms with Crippen LogP contribution in [-0.2, 0) is 14.4 Å². The highest BCUT2D eigenvalue weighted by Gasteiger charge is 2.61. The second-order valence-corrected chi connectivity index (χ2v) is 11.7. The Kier molecular flexibility index (Phi) is 6.26. The summed E-state index contributed by atoms with van der Waals surface area (Å²) in [4.78, 5) is 36.0. The van der Waals surface area contributed by atoms with Crippen molar-refractivity contribution in [2.75, 3.05) is 13.1 Å². The van der Waals surface area contributed by atoms with Gasteiger partial charge in [0.15, 0.2) is 0 Å². The maximum absolute atomic E-state index is 12.9. The van der Waals surface area contributed by atoms with Gasteiger partial charge in [-0.05, 0) is 85.4 Å². The maximum Gasteiger partial charge on any atom is 0.223 e. The van der Waals surface area contributed by atoms with Crippen molar-refractivity contribution in [2.45, 2.75) is 85.5 Å². The minimum absolute atomic E-state index is 0.0168. The monoisotopic (exact) mass is 430 g/mol. The van der Waals surface area contributed by atoms with Crippen molar-refractivity contribution in [3.05, 3.63) is 0 Å². The Bertz CT molecular complexity index is 736. The molecule has 4 saturated carbocycles. The average molecular weight is 431 g/mol. The molecule has 0 saturated heterocycles. The third kappa shape index (κ3) is 3.95.